The Labute approximate surface area is 138 Å². The van der Waals surface area contributed by atoms with Crippen LogP contribution in [-0.2, 0) is 0 Å². The van der Waals surface area contributed by atoms with Crippen LogP contribution in [0.3, 0.4) is 0 Å². The van der Waals surface area contributed by atoms with Crippen molar-refractivity contribution in [1.29, 1.82) is 0 Å². The predicted octanol–water partition coefficient (Wildman–Crippen LogP) is 3.71. The van der Waals surface area contributed by atoms with Gasteiger partial charge in [-0.15, -0.1) is 11.6 Å². The third-order valence-electron chi connectivity index (χ3n) is 3.14. The Kier molecular flexibility index (Phi) is 5.78. The molecule has 0 saturated carbocycles. The number of non-ortho nitro benzene ring substituents is 1. The highest BCUT2D eigenvalue weighted by Crippen LogP contribution is 2.31. The van der Waals surface area contributed by atoms with E-state index in [1.807, 2.05) is 25.1 Å². The van der Waals surface area contributed by atoms with Gasteiger partial charge in [0.1, 0.15) is 11.5 Å². The number of nitro benzene ring substituents is 1. The fourth-order valence-electron chi connectivity index (χ4n) is 1.94. The van der Waals surface area contributed by atoms with Gasteiger partial charge < -0.3 is 15.2 Å². The van der Waals surface area contributed by atoms with Gasteiger partial charge in [0.05, 0.1) is 23.0 Å². The molecule has 2 rings (SSSR count). The molecule has 1 unspecified atom stereocenters. The van der Waals surface area contributed by atoms with Crippen molar-refractivity contribution in [1.82, 2.24) is 0 Å². The Morgan fingerprint density at radius 3 is 2.74 bits per heavy atom. The molecule has 0 aromatic heterocycles. The molecule has 0 bridgehead atoms. The second-order valence-corrected chi connectivity index (χ2v) is 5.34. The van der Waals surface area contributed by atoms with Crippen LogP contribution in [0.25, 0.3) is 0 Å². The zero-order valence-electron chi connectivity index (χ0n) is 12.5. The number of aliphatic hydroxyl groups excluding tert-OH is 1. The molecule has 1 atom stereocenters. The van der Waals surface area contributed by atoms with E-state index in [9.17, 15) is 15.2 Å². The maximum absolute atomic E-state index is 11.1. The van der Waals surface area contributed by atoms with Gasteiger partial charge in [-0.1, -0.05) is 18.2 Å². The second kappa shape index (κ2) is 7.80. The first-order chi connectivity index (χ1) is 11.0. The maximum atomic E-state index is 11.1. The number of para-hydroxylation sites is 1. The summed E-state index contributed by atoms with van der Waals surface area (Å²) < 4.78 is 5.74. The molecule has 2 aromatic carbocycles. The third-order valence-corrected chi connectivity index (χ3v) is 3.50. The summed E-state index contributed by atoms with van der Waals surface area (Å²) >= 11 is 5.53. The molecule has 0 heterocycles. The van der Waals surface area contributed by atoms with Crippen LogP contribution in [-0.4, -0.2) is 28.6 Å². The number of alkyl halides is 1. The molecule has 0 amide bonds. The van der Waals surface area contributed by atoms with Gasteiger partial charge in [-0.2, -0.15) is 0 Å². The molecule has 0 aliphatic carbocycles. The lowest BCUT2D eigenvalue weighted by atomic mass is 10.2. The smallest absolute Gasteiger partial charge is 0.275 e. The normalized spacial score (nSPS) is 11.8. The van der Waals surface area contributed by atoms with Crippen molar-refractivity contribution in [2.75, 3.05) is 17.7 Å². The molecular weight excluding hydrogens is 320 g/mol. The van der Waals surface area contributed by atoms with E-state index in [0.29, 0.717) is 17.2 Å². The molecule has 2 aromatic rings. The summed E-state index contributed by atoms with van der Waals surface area (Å²) in [4.78, 5) is 10.6. The van der Waals surface area contributed by atoms with Crippen molar-refractivity contribution in [3.63, 3.8) is 0 Å². The van der Waals surface area contributed by atoms with Crippen LogP contribution >= 0.6 is 11.6 Å². The number of nitrogens with zero attached hydrogens (tertiary/aromatic N) is 1. The van der Waals surface area contributed by atoms with Crippen molar-refractivity contribution in [3.8, 4) is 11.5 Å². The molecule has 6 nitrogen and oxygen atoms in total. The Morgan fingerprint density at radius 2 is 2.09 bits per heavy atom. The minimum Gasteiger partial charge on any atom is -0.457 e. The van der Waals surface area contributed by atoms with E-state index in [1.54, 1.807) is 12.1 Å². The number of aliphatic hydroxyl groups is 1. The van der Waals surface area contributed by atoms with E-state index >= 15 is 0 Å². The monoisotopic (exact) mass is 336 g/mol. The number of ether oxygens (including phenoxy) is 1. The number of nitro groups is 1. The van der Waals surface area contributed by atoms with Crippen LogP contribution in [0.4, 0.5) is 11.4 Å². The molecule has 7 heteroatoms. The van der Waals surface area contributed by atoms with E-state index in [2.05, 4.69) is 5.32 Å². The third kappa shape index (κ3) is 4.84. The highest BCUT2D eigenvalue weighted by Gasteiger charge is 2.12. The van der Waals surface area contributed by atoms with E-state index in [4.69, 9.17) is 16.3 Å². The molecule has 0 spiro atoms. The number of nitrogens with one attached hydrogen (secondary N) is 1. The Bertz CT molecular complexity index is 694. The first kappa shape index (κ1) is 17.1. The van der Waals surface area contributed by atoms with E-state index in [1.165, 1.54) is 12.1 Å². The van der Waals surface area contributed by atoms with Gasteiger partial charge in [-0.3, -0.25) is 10.1 Å². The van der Waals surface area contributed by atoms with Crippen LogP contribution in [0, 0.1) is 17.0 Å². The minimum atomic E-state index is -0.739. The Hall–Kier alpha value is -2.31. The van der Waals surface area contributed by atoms with Gasteiger partial charge in [0.25, 0.3) is 5.69 Å². The Morgan fingerprint density at radius 1 is 1.35 bits per heavy atom. The van der Waals surface area contributed by atoms with Crippen molar-refractivity contribution in [3.05, 3.63) is 58.1 Å². The van der Waals surface area contributed by atoms with Crippen molar-refractivity contribution in [2.45, 2.75) is 13.0 Å². The summed E-state index contributed by atoms with van der Waals surface area (Å²) in [5, 5.41) is 23.5. The predicted molar refractivity (Wildman–Crippen MR) is 89.6 cm³/mol. The number of rotatable bonds is 7. The first-order valence-corrected chi connectivity index (χ1v) is 7.54. The lowest BCUT2D eigenvalue weighted by Gasteiger charge is -2.13. The minimum absolute atomic E-state index is 0.0779. The largest absolute Gasteiger partial charge is 0.457 e. The first-order valence-electron chi connectivity index (χ1n) is 7.00. The van der Waals surface area contributed by atoms with Gasteiger partial charge in [0, 0.05) is 24.4 Å². The van der Waals surface area contributed by atoms with E-state index < -0.39 is 11.0 Å². The summed E-state index contributed by atoms with van der Waals surface area (Å²) in [7, 11) is 0. The number of hydrogen-bond donors (Lipinski definition) is 2. The lowest BCUT2D eigenvalue weighted by molar-refractivity contribution is -0.384. The highest BCUT2D eigenvalue weighted by atomic mass is 35.5. The molecular formula is C16H17ClN2O4. The van der Waals surface area contributed by atoms with E-state index in [-0.39, 0.29) is 18.1 Å². The molecule has 2 N–H and O–H groups in total. The number of aryl methyl sites for hydroxylation is 1. The summed E-state index contributed by atoms with van der Waals surface area (Å²) in [6.45, 7) is 2.08. The zero-order chi connectivity index (χ0) is 16.8. The molecule has 0 aliphatic heterocycles. The highest BCUT2D eigenvalue weighted by molar-refractivity contribution is 6.18. The quantitative estimate of drug-likeness (QED) is 0.457. The standard InChI is InChI=1S/C16H17ClN2O4/c1-11-4-2-3-5-16(11)23-15-7-12(18-10-14(20)9-17)6-13(8-15)19(21)22/h2-8,14,18,20H,9-10H2,1H3. The fraction of sp³-hybridized carbons (Fsp3) is 0.250. The molecule has 0 fully saturated rings. The van der Waals surface area contributed by atoms with Gasteiger partial charge in [0.2, 0.25) is 0 Å². The van der Waals surface area contributed by atoms with Crippen LogP contribution in [0.2, 0.25) is 0 Å². The SMILES string of the molecule is Cc1ccccc1Oc1cc(NCC(O)CCl)cc([N+](=O)[O-])c1. The van der Waals surface area contributed by atoms with Crippen molar-refractivity contribution >= 4 is 23.0 Å². The van der Waals surface area contributed by atoms with Crippen molar-refractivity contribution in [2.24, 2.45) is 0 Å². The summed E-state index contributed by atoms with van der Waals surface area (Å²) in [5.74, 6) is 1.05. The van der Waals surface area contributed by atoms with E-state index in [0.717, 1.165) is 5.56 Å². The van der Waals surface area contributed by atoms with Gasteiger partial charge in [-0.05, 0) is 18.6 Å². The van der Waals surface area contributed by atoms with Crippen LogP contribution in [0.15, 0.2) is 42.5 Å². The van der Waals surface area contributed by atoms with Crippen molar-refractivity contribution < 1.29 is 14.8 Å². The number of halogens is 1. The lowest BCUT2D eigenvalue weighted by Crippen LogP contribution is -2.20. The molecule has 0 saturated heterocycles. The van der Waals surface area contributed by atoms with Crippen LogP contribution in [0.1, 0.15) is 5.56 Å². The topological polar surface area (TPSA) is 84.6 Å². The second-order valence-electron chi connectivity index (χ2n) is 5.03. The summed E-state index contributed by atoms with van der Waals surface area (Å²) in [6, 6.07) is 11.8. The maximum Gasteiger partial charge on any atom is 0.275 e. The average molecular weight is 337 g/mol. The number of benzene rings is 2. The fourth-order valence-corrected chi connectivity index (χ4v) is 2.05. The number of hydrogen-bond acceptors (Lipinski definition) is 5. The van der Waals surface area contributed by atoms with Crippen LogP contribution < -0.4 is 10.1 Å². The van der Waals surface area contributed by atoms with Gasteiger partial charge >= 0.3 is 0 Å². The zero-order valence-corrected chi connectivity index (χ0v) is 13.3. The molecule has 0 aliphatic rings. The average Bonchev–Trinajstić information content (AvgIpc) is 2.54. The molecule has 122 valence electrons. The summed E-state index contributed by atoms with van der Waals surface area (Å²) in [6.07, 6.45) is -0.739. The van der Waals surface area contributed by atoms with Crippen LogP contribution in [0.5, 0.6) is 11.5 Å². The van der Waals surface area contributed by atoms with Gasteiger partial charge in [-0.25, -0.2) is 0 Å². The number of anilines is 1. The molecule has 0 radical (unpaired) electrons. The Balaban J connectivity index is 2.26. The van der Waals surface area contributed by atoms with Gasteiger partial charge in [0.15, 0.2) is 0 Å². The summed E-state index contributed by atoms with van der Waals surface area (Å²) in [5.41, 5.74) is 1.30. The molecule has 23 heavy (non-hydrogen) atoms.